The summed E-state index contributed by atoms with van der Waals surface area (Å²) in [5.41, 5.74) is 4.37. The molecule has 1 aromatic carbocycles. The fourth-order valence-corrected chi connectivity index (χ4v) is 2.31. The third kappa shape index (κ3) is 3.51. The van der Waals surface area contributed by atoms with Gasteiger partial charge in [0, 0.05) is 12.6 Å². The van der Waals surface area contributed by atoms with E-state index in [0.717, 1.165) is 23.7 Å². The van der Waals surface area contributed by atoms with Crippen LogP contribution in [-0.2, 0) is 6.54 Å². The van der Waals surface area contributed by atoms with E-state index in [0.29, 0.717) is 6.54 Å². The van der Waals surface area contributed by atoms with Gasteiger partial charge in [0.2, 0.25) is 0 Å². The van der Waals surface area contributed by atoms with Gasteiger partial charge in [-0.1, -0.05) is 18.2 Å². The van der Waals surface area contributed by atoms with Crippen molar-refractivity contribution in [1.82, 2.24) is 9.78 Å². The number of benzene rings is 1. The molecule has 3 rings (SSSR count). The lowest BCUT2D eigenvalue weighted by Crippen LogP contribution is -2.23. The summed E-state index contributed by atoms with van der Waals surface area (Å²) >= 11 is 0. The second-order valence-electron chi connectivity index (χ2n) is 5.98. The van der Waals surface area contributed by atoms with Crippen molar-refractivity contribution in [3.63, 3.8) is 0 Å². The van der Waals surface area contributed by atoms with Gasteiger partial charge in [0.15, 0.2) is 0 Å². The molecule has 110 valence electrons. The minimum Gasteiger partial charge on any atom is -0.383 e. The summed E-state index contributed by atoms with van der Waals surface area (Å²) in [5.74, 6) is 0.781. The van der Waals surface area contributed by atoms with Gasteiger partial charge in [0.1, 0.15) is 0 Å². The fourth-order valence-electron chi connectivity index (χ4n) is 2.31. The van der Waals surface area contributed by atoms with Crippen LogP contribution in [0, 0.1) is 19.8 Å². The summed E-state index contributed by atoms with van der Waals surface area (Å²) in [6.07, 6.45) is 4.33. The maximum absolute atomic E-state index is 12.1. The molecule has 1 saturated carbocycles. The molecular weight excluding hydrogens is 262 g/mol. The molecule has 4 nitrogen and oxygen atoms in total. The Morgan fingerprint density at radius 2 is 2.05 bits per heavy atom. The molecule has 0 spiro atoms. The van der Waals surface area contributed by atoms with Crippen molar-refractivity contribution in [2.75, 3.05) is 11.9 Å². The van der Waals surface area contributed by atoms with Crippen LogP contribution in [-0.4, -0.2) is 16.3 Å². The third-order valence-electron chi connectivity index (χ3n) is 4.07. The molecule has 1 fully saturated rings. The van der Waals surface area contributed by atoms with E-state index in [2.05, 4.69) is 42.5 Å². The second kappa shape index (κ2) is 5.72. The number of nitrogens with zero attached hydrogens (tertiary/aromatic N) is 2. The minimum absolute atomic E-state index is 0.0611. The normalized spacial score (nSPS) is 14.2. The molecule has 0 bridgehead atoms. The highest BCUT2D eigenvalue weighted by molar-refractivity contribution is 5.39. The van der Waals surface area contributed by atoms with Crippen molar-refractivity contribution in [3.8, 4) is 0 Å². The van der Waals surface area contributed by atoms with E-state index in [9.17, 15) is 4.79 Å². The van der Waals surface area contributed by atoms with E-state index in [1.807, 2.05) is 0 Å². The Morgan fingerprint density at radius 1 is 1.24 bits per heavy atom. The number of nitrogens with one attached hydrogen (secondary N) is 1. The van der Waals surface area contributed by atoms with Crippen LogP contribution in [0.15, 0.2) is 35.3 Å². The van der Waals surface area contributed by atoms with E-state index in [1.165, 1.54) is 28.7 Å². The number of hydrogen-bond acceptors (Lipinski definition) is 3. The first-order valence-corrected chi connectivity index (χ1v) is 7.49. The smallest absolute Gasteiger partial charge is 0.269 e. The van der Waals surface area contributed by atoms with Crippen LogP contribution in [0.5, 0.6) is 0 Å². The van der Waals surface area contributed by atoms with Crippen LogP contribution < -0.4 is 10.9 Å². The molecule has 0 amide bonds. The van der Waals surface area contributed by atoms with E-state index < -0.39 is 0 Å². The number of aryl methyl sites for hydroxylation is 2. The summed E-state index contributed by atoms with van der Waals surface area (Å²) < 4.78 is 1.51. The summed E-state index contributed by atoms with van der Waals surface area (Å²) in [7, 11) is 0. The summed E-state index contributed by atoms with van der Waals surface area (Å²) in [5, 5.41) is 7.54. The van der Waals surface area contributed by atoms with Crippen LogP contribution in [0.25, 0.3) is 0 Å². The maximum atomic E-state index is 12.1. The topological polar surface area (TPSA) is 46.9 Å². The lowest BCUT2D eigenvalue weighted by atomic mass is 10.1. The lowest BCUT2D eigenvalue weighted by Gasteiger charge is -2.09. The number of hydrogen-bond donors (Lipinski definition) is 1. The molecule has 0 radical (unpaired) electrons. The molecule has 1 heterocycles. The predicted octanol–water partition coefficient (Wildman–Crippen LogP) is 2.73. The largest absolute Gasteiger partial charge is 0.383 e. The number of rotatable bonds is 5. The fraction of sp³-hybridized carbons (Fsp3) is 0.412. The molecule has 1 N–H and O–H groups in total. The first kappa shape index (κ1) is 13.9. The van der Waals surface area contributed by atoms with Gasteiger partial charge in [-0.15, -0.1) is 0 Å². The summed E-state index contributed by atoms with van der Waals surface area (Å²) in [4.78, 5) is 12.1. The van der Waals surface area contributed by atoms with E-state index in [-0.39, 0.29) is 5.56 Å². The quantitative estimate of drug-likeness (QED) is 0.918. The second-order valence-corrected chi connectivity index (χ2v) is 5.98. The highest BCUT2D eigenvalue weighted by Crippen LogP contribution is 2.28. The minimum atomic E-state index is -0.0611. The van der Waals surface area contributed by atoms with Gasteiger partial charge in [0.05, 0.1) is 18.4 Å². The van der Waals surface area contributed by atoms with Crippen LogP contribution >= 0.6 is 0 Å². The van der Waals surface area contributed by atoms with E-state index >= 15 is 0 Å². The highest BCUT2D eigenvalue weighted by atomic mass is 16.1. The van der Waals surface area contributed by atoms with Crippen LogP contribution in [0.1, 0.15) is 29.5 Å². The molecule has 1 aliphatic carbocycles. The molecule has 2 aromatic rings. The Bertz CT molecular complexity index is 701. The Labute approximate surface area is 124 Å². The Morgan fingerprint density at radius 3 is 2.71 bits per heavy atom. The highest BCUT2D eigenvalue weighted by Gasteiger charge is 2.20. The van der Waals surface area contributed by atoms with Crippen molar-refractivity contribution in [3.05, 3.63) is 57.5 Å². The Kier molecular flexibility index (Phi) is 3.78. The Hall–Kier alpha value is -2.10. The zero-order valence-corrected chi connectivity index (χ0v) is 12.6. The molecule has 0 aliphatic heterocycles. The maximum Gasteiger partial charge on any atom is 0.269 e. The van der Waals surface area contributed by atoms with Gasteiger partial charge in [0.25, 0.3) is 5.56 Å². The van der Waals surface area contributed by atoms with Crippen molar-refractivity contribution in [2.24, 2.45) is 5.92 Å². The molecule has 0 saturated heterocycles. The average molecular weight is 283 g/mol. The van der Waals surface area contributed by atoms with Gasteiger partial charge in [-0.3, -0.25) is 4.79 Å². The Balaban J connectivity index is 1.72. The van der Waals surface area contributed by atoms with Crippen LogP contribution in [0.4, 0.5) is 5.69 Å². The van der Waals surface area contributed by atoms with Gasteiger partial charge in [-0.2, -0.15) is 5.10 Å². The van der Waals surface area contributed by atoms with Gasteiger partial charge in [-0.25, -0.2) is 4.68 Å². The molecule has 4 heteroatoms. The molecule has 1 aliphatic rings. The average Bonchev–Trinajstić information content (AvgIpc) is 3.27. The van der Waals surface area contributed by atoms with Crippen molar-refractivity contribution in [2.45, 2.75) is 33.2 Å². The number of anilines is 1. The van der Waals surface area contributed by atoms with Crippen LogP contribution in [0.3, 0.4) is 0 Å². The predicted molar refractivity (Wildman–Crippen MR) is 84.7 cm³/mol. The zero-order valence-electron chi connectivity index (χ0n) is 12.6. The van der Waals surface area contributed by atoms with Gasteiger partial charge >= 0.3 is 0 Å². The van der Waals surface area contributed by atoms with Crippen molar-refractivity contribution >= 4 is 5.69 Å². The molecule has 21 heavy (non-hydrogen) atoms. The third-order valence-corrected chi connectivity index (χ3v) is 4.07. The molecule has 0 atom stereocenters. The van der Waals surface area contributed by atoms with Crippen molar-refractivity contribution in [1.29, 1.82) is 0 Å². The van der Waals surface area contributed by atoms with E-state index in [4.69, 9.17) is 0 Å². The molecule has 0 unspecified atom stereocenters. The SMILES string of the molecule is Cc1ccc(Cn2ncc(NCC3CC3)cc2=O)cc1C. The monoisotopic (exact) mass is 283 g/mol. The standard InChI is InChI=1S/C17H21N3O/c1-12-3-4-15(7-13(12)2)11-20-17(21)8-16(10-19-20)18-9-14-5-6-14/h3-4,7-8,10,14,18H,5-6,9,11H2,1-2H3. The summed E-state index contributed by atoms with van der Waals surface area (Å²) in [6, 6.07) is 7.89. The van der Waals surface area contributed by atoms with Crippen LogP contribution in [0.2, 0.25) is 0 Å². The molecular formula is C17H21N3O. The first-order valence-electron chi connectivity index (χ1n) is 7.49. The number of aromatic nitrogens is 2. The van der Waals surface area contributed by atoms with Crippen molar-refractivity contribution < 1.29 is 0 Å². The molecule has 1 aromatic heterocycles. The summed E-state index contributed by atoms with van der Waals surface area (Å²) in [6.45, 7) is 5.63. The van der Waals surface area contributed by atoms with E-state index in [1.54, 1.807) is 12.3 Å². The first-order chi connectivity index (χ1) is 10.1. The lowest BCUT2D eigenvalue weighted by molar-refractivity contribution is 0.639. The van der Waals surface area contributed by atoms with Gasteiger partial charge in [-0.05, 0) is 49.3 Å². The van der Waals surface area contributed by atoms with Gasteiger partial charge < -0.3 is 5.32 Å². The zero-order chi connectivity index (χ0) is 14.8.